The highest BCUT2D eigenvalue weighted by Crippen LogP contribution is 2.33. The second kappa shape index (κ2) is 6.09. The molecular weight excluding hydrogens is 236 g/mol. The Bertz CT molecular complexity index is 456. The molecule has 0 radical (unpaired) electrons. The summed E-state index contributed by atoms with van der Waals surface area (Å²) in [6, 6.07) is 6.36. The zero-order valence-electron chi connectivity index (χ0n) is 12.1. The topological polar surface area (TPSA) is 41.1 Å². The first-order valence-corrected chi connectivity index (χ1v) is 7.31. The Hall–Kier alpha value is -1.51. The van der Waals surface area contributed by atoms with Gasteiger partial charge < -0.3 is 10.6 Å². The van der Waals surface area contributed by atoms with Crippen LogP contribution in [-0.2, 0) is 0 Å². The summed E-state index contributed by atoms with van der Waals surface area (Å²) >= 11 is 0. The Kier molecular flexibility index (Phi) is 4.46. The molecule has 2 atom stereocenters. The van der Waals surface area contributed by atoms with Crippen molar-refractivity contribution in [3.8, 4) is 0 Å². The number of nitrogens with one attached hydrogen (secondary N) is 2. The maximum absolute atomic E-state index is 12.2. The van der Waals surface area contributed by atoms with Gasteiger partial charge in [-0.3, -0.25) is 4.79 Å². The number of aryl methyl sites for hydroxylation is 1. The van der Waals surface area contributed by atoms with E-state index in [1.54, 1.807) is 0 Å². The normalized spacial score (nSPS) is 21.0. The molecule has 3 heteroatoms. The minimum Gasteiger partial charge on any atom is -0.385 e. The summed E-state index contributed by atoms with van der Waals surface area (Å²) in [6.45, 7) is 7.28. The first kappa shape index (κ1) is 13.9. The smallest absolute Gasteiger partial charge is 0.251 e. The van der Waals surface area contributed by atoms with Gasteiger partial charge in [0.05, 0.1) is 0 Å². The average molecular weight is 260 g/mol. The molecule has 1 aliphatic carbocycles. The number of hydrogen-bond acceptors (Lipinski definition) is 2. The Labute approximate surface area is 115 Å². The fourth-order valence-corrected chi connectivity index (χ4v) is 2.42. The molecule has 0 bridgehead atoms. The second-order valence-electron chi connectivity index (χ2n) is 5.44. The van der Waals surface area contributed by atoms with Crippen LogP contribution in [0.4, 0.5) is 5.69 Å². The van der Waals surface area contributed by atoms with Crippen LogP contribution in [0.2, 0.25) is 0 Å². The predicted octanol–water partition coefficient (Wildman–Crippen LogP) is 3.35. The highest BCUT2D eigenvalue weighted by Gasteiger charge is 2.36. The molecule has 0 saturated heterocycles. The highest BCUT2D eigenvalue weighted by molar-refractivity contribution is 5.96. The predicted molar refractivity (Wildman–Crippen MR) is 79.6 cm³/mol. The maximum Gasteiger partial charge on any atom is 0.251 e. The third-order valence-corrected chi connectivity index (χ3v) is 3.81. The minimum absolute atomic E-state index is 0.0699. The maximum atomic E-state index is 12.2. The standard InChI is InChI=1S/C16H24N2O/c1-4-8-17-13-6-7-14(11(3)9-13)16(19)18-15-10-12(15)5-2/h6-7,9,12,15,17H,4-5,8,10H2,1-3H3,(H,18,19). The van der Waals surface area contributed by atoms with Crippen LogP contribution in [0.15, 0.2) is 18.2 Å². The largest absolute Gasteiger partial charge is 0.385 e. The molecule has 3 nitrogen and oxygen atoms in total. The van der Waals surface area contributed by atoms with Gasteiger partial charge in [-0.1, -0.05) is 20.3 Å². The van der Waals surface area contributed by atoms with E-state index in [-0.39, 0.29) is 5.91 Å². The molecule has 1 saturated carbocycles. The van der Waals surface area contributed by atoms with Gasteiger partial charge in [0.2, 0.25) is 0 Å². The molecule has 2 rings (SSSR count). The van der Waals surface area contributed by atoms with Gasteiger partial charge in [0.15, 0.2) is 0 Å². The fraction of sp³-hybridized carbons (Fsp3) is 0.562. The molecule has 1 aromatic carbocycles. The first-order valence-electron chi connectivity index (χ1n) is 7.31. The SMILES string of the molecule is CCCNc1ccc(C(=O)NC2CC2CC)c(C)c1. The van der Waals surface area contributed by atoms with Gasteiger partial charge in [0.1, 0.15) is 0 Å². The summed E-state index contributed by atoms with van der Waals surface area (Å²) < 4.78 is 0. The molecule has 104 valence electrons. The van der Waals surface area contributed by atoms with E-state index in [1.165, 1.54) is 0 Å². The summed E-state index contributed by atoms with van der Waals surface area (Å²) in [4.78, 5) is 12.2. The molecule has 2 N–H and O–H groups in total. The van der Waals surface area contributed by atoms with E-state index in [0.29, 0.717) is 12.0 Å². The van der Waals surface area contributed by atoms with Gasteiger partial charge >= 0.3 is 0 Å². The lowest BCUT2D eigenvalue weighted by molar-refractivity contribution is 0.0948. The van der Waals surface area contributed by atoms with Crippen LogP contribution in [0.3, 0.4) is 0 Å². The molecule has 1 amide bonds. The van der Waals surface area contributed by atoms with Gasteiger partial charge in [-0.05, 0) is 49.4 Å². The van der Waals surface area contributed by atoms with Crippen LogP contribution >= 0.6 is 0 Å². The molecular formula is C16H24N2O. The summed E-state index contributed by atoms with van der Waals surface area (Å²) in [5, 5.41) is 6.45. The number of benzene rings is 1. The summed E-state index contributed by atoms with van der Waals surface area (Å²) in [6.07, 6.45) is 3.39. The fourth-order valence-electron chi connectivity index (χ4n) is 2.42. The van der Waals surface area contributed by atoms with Crippen molar-refractivity contribution in [3.05, 3.63) is 29.3 Å². The van der Waals surface area contributed by atoms with Crippen LogP contribution in [0.25, 0.3) is 0 Å². The van der Waals surface area contributed by atoms with Crippen molar-refractivity contribution >= 4 is 11.6 Å². The van der Waals surface area contributed by atoms with Crippen molar-refractivity contribution in [2.75, 3.05) is 11.9 Å². The van der Waals surface area contributed by atoms with E-state index in [1.807, 2.05) is 19.1 Å². The Morgan fingerprint density at radius 3 is 2.74 bits per heavy atom. The third kappa shape index (κ3) is 3.49. The van der Waals surface area contributed by atoms with Crippen molar-refractivity contribution in [2.24, 2.45) is 5.92 Å². The van der Waals surface area contributed by atoms with Crippen molar-refractivity contribution in [1.82, 2.24) is 5.32 Å². The lowest BCUT2D eigenvalue weighted by atomic mass is 10.1. The van der Waals surface area contributed by atoms with E-state index in [0.717, 1.165) is 42.6 Å². The monoisotopic (exact) mass is 260 g/mol. The lowest BCUT2D eigenvalue weighted by Gasteiger charge is -2.10. The molecule has 1 fully saturated rings. The Morgan fingerprint density at radius 1 is 1.37 bits per heavy atom. The van der Waals surface area contributed by atoms with Crippen molar-refractivity contribution < 1.29 is 4.79 Å². The minimum atomic E-state index is 0.0699. The van der Waals surface area contributed by atoms with Crippen LogP contribution < -0.4 is 10.6 Å². The molecule has 0 heterocycles. The summed E-state index contributed by atoms with van der Waals surface area (Å²) in [5.41, 5.74) is 2.92. The number of rotatable bonds is 6. The zero-order chi connectivity index (χ0) is 13.8. The zero-order valence-corrected chi connectivity index (χ0v) is 12.1. The number of carbonyl (C=O) groups is 1. The second-order valence-corrected chi connectivity index (χ2v) is 5.44. The van der Waals surface area contributed by atoms with Gasteiger partial charge in [-0.2, -0.15) is 0 Å². The Morgan fingerprint density at radius 2 is 2.16 bits per heavy atom. The average Bonchev–Trinajstić information content (AvgIpc) is 3.14. The van der Waals surface area contributed by atoms with Crippen LogP contribution in [-0.4, -0.2) is 18.5 Å². The van der Waals surface area contributed by atoms with Gasteiger partial charge in [-0.15, -0.1) is 0 Å². The first-order chi connectivity index (χ1) is 9.15. The number of hydrogen-bond donors (Lipinski definition) is 2. The number of anilines is 1. The Balaban J connectivity index is 1.98. The van der Waals surface area contributed by atoms with E-state index in [2.05, 4.69) is 30.5 Å². The van der Waals surface area contributed by atoms with Gasteiger partial charge in [0.25, 0.3) is 5.91 Å². The molecule has 0 aliphatic heterocycles. The van der Waals surface area contributed by atoms with E-state index in [9.17, 15) is 4.79 Å². The summed E-state index contributed by atoms with van der Waals surface area (Å²) in [5.74, 6) is 0.759. The van der Waals surface area contributed by atoms with E-state index < -0.39 is 0 Å². The van der Waals surface area contributed by atoms with E-state index in [4.69, 9.17) is 0 Å². The quantitative estimate of drug-likeness (QED) is 0.823. The number of carbonyl (C=O) groups excluding carboxylic acids is 1. The van der Waals surface area contributed by atoms with Crippen LogP contribution in [0, 0.1) is 12.8 Å². The van der Waals surface area contributed by atoms with Crippen LogP contribution in [0.1, 0.15) is 49.0 Å². The summed E-state index contributed by atoms with van der Waals surface area (Å²) in [7, 11) is 0. The van der Waals surface area contributed by atoms with Crippen LogP contribution in [0.5, 0.6) is 0 Å². The molecule has 19 heavy (non-hydrogen) atoms. The molecule has 1 aromatic rings. The van der Waals surface area contributed by atoms with Gasteiger partial charge in [0, 0.05) is 23.8 Å². The number of amides is 1. The van der Waals surface area contributed by atoms with Crippen molar-refractivity contribution in [2.45, 2.75) is 46.1 Å². The molecule has 0 aromatic heterocycles. The van der Waals surface area contributed by atoms with Gasteiger partial charge in [-0.25, -0.2) is 0 Å². The van der Waals surface area contributed by atoms with Crippen molar-refractivity contribution in [3.63, 3.8) is 0 Å². The van der Waals surface area contributed by atoms with Crippen molar-refractivity contribution in [1.29, 1.82) is 0 Å². The molecule has 0 spiro atoms. The third-order valence-electron chi connectivity index (χ3n) is 3.81. The highest BCUT2D eigenvalue weighted by atomic mass is 16.1. The lowest BCUT2D eigenvalue weighted by Crippen LogP contribution is -2.27. The molecule has 2 unspecified atom stereocenters. The van der Waals surface area contributed by atoms with E-state index >= 15 is 0 Å². The molecule has 1 aliphatic rings.